The normalized spacial score (nSPS) is 14.3. The van der Waals surface area contributed by atoms with Crippen molar-refractivity contribution in [2.75, 3.05) is 57.9 Å². The van der Waals surface area contributed by atoms with Gasteiger partial charge in [-0.1, -0.05) is 78.0 Å². The average Bonchev–Trinajstić information content (AvgIpc) is 2.93. The monoisotopic (exact) mass is 537 g/mol. The van der Waals surface area contributed by atoms with Crippen molar-refractivity contribution in [1.29, 1.82) is 0 Å². The van der Waals surface area contributed by atoms with Gasteiger partial charge in [-0.2, -0.15) is 0 Å². The zero-order valence-corrected chi connectivity index (χ0v) is 22.5. The van der Waals surface area contributed by atoms with Gasteiger partial charge in [-0.05, 0) is 23.3 Å². The predicted molar refractivity (Wildman–Crippen MR) is 151 cm³/mol. The van der Waals surface area contributed by atoms with E-state index in [-0.39, 0.29) is 5.91 Å². The number of rotatable bonds is 11. The maximum absolute atomic E-state index is 12.1. The summed E-state index contributed by atoms with van der Waals surface area (Å²) in [5.74, 6) is 1.45. The van der Waals surface area contributed by atoms with Gasteiger partial charge in [0.1, 0.15) is 11.0 Å². The van der Waals surface area contributed by atoms with Crippen molar-refractivity contribution in [2.45, 2.75) is 10.9 Å². The molecule has 9 heteroatoms. The highest BCUT2D eigenvalue weighted by atomic mass is 35.5. The highest BCUT2D eigenvalue weighted by Crippen LogP contribution is 2.25. The molecule has 37 heavy (non-hydrogen) atoms. The zero-order valence-electron chi connectivity index (χ0n) is 21.0. The number of carbonyl (C=O) groups is 1. The van der Waals surface area contributed by atoms with Crippen LogP contribution in [0.2, 0.25) is 5.15 Å². The number of amides is 1. The largest absolute Gasteiger partial charge is 0.383 e. The quantitative estimate of drug-likeness (QED) is 0.165. The second kappa shape index (κ2) is 14.1. The SMILES string of the molecule is COCCNC(=O)c1ccc(CSc2nc(Cl)cc(N3CCN(C/C=C/c4ccccc4)CC3)n2)cc1. The van der Waals surface area contributed by atoms with Crippen molar-refractivity contribution in [3.8, 4) is 0 Å². The molecule has 0 aliphatic carbocycles. The van der Waals surface area contributed by atoms with Gasteiger partial charge >= 0.3 is 0 Å². The minimum atomic E-state index is -0.105. The summed E-state index contributed by atoms with van der Waals surface area (Å²) in [6.45, 7) is 5.63. The van der Waals surface area contributed by atoms with E-state index in [9.17, 15) is 4.79 Å². The van der Waals surface area contributed by atoms with Crippen molar-refractivity contribution < 1.29 is 9.53 Å². The van der Waals surface area contributed by atoms with E-state index in [0.29, 0.717) is 34.8 Å². The van der Waals surface area contributed by atoms with E-state index in [0.717, 1.165) is 44.1 Å². The number of nitrogens with one attached hydrogen (secondary N) is 1. The molecule has 3 aromatic rings. The third-order valence-electron chi connectivity index (χ3n) is 6.01. The summed E-state index contributed by atoms with van der Waals surface area (Å²) in [7, 11) is 1.61. The molecule has 0 atom stereocenters. The van der Waals surface area contributed by atoms with Crippen LogP contribution in [0.5, 0.6) is 0 Å². The minimum Gasteiger partial charge on any atom is -0.383 e. The Kier molecular flexibility index (Phi) is 10.4. The lowest BCUT2D eigenvalue weighted by molar-refractivity contribution is 0.0937. The molecule has 0 spiro atoms. The van der Waals surface area contributed by atoms with Gasteiger partial charge in [0, 0.05) is 63.8 Å². The fourth-order valence-electron chi connectivity index (χ4n) is 3.94. The van der Waals surface area contributed by atoms with Gasteiger partial charge in [-0.25, -0.2) is 9.97 Å². The number of carbonyl (C=O) groups excluding carboxylic acids is 1. The third kappa shape index (κ3) is 8.57. The third-order valence-corrected chi connectivity index (χ3v) is 7.12. The molecule has 1 aliphatic heterocycles. The Balaban J connectivity index is 1.26. The zero-order chi connectivity index (χ0) is 25.9. The van der Waals surface area contributed by atoms with Crippen LogP contribution >= 0.6 is 23.4 Å². The van der Waals surface area contributed by atoms with Crippen LogP contribution in [0.15, 0.2) is 71.9 Å². The average molecular weight is 538 g/mol. The molecule has 2 aromatic carbocycles. The summed E-state index contributed by atoms with van der Waals surface area (Å²) in [5, 5.41) is 3.92. The number of hydrogen-bond donors (Lipinski definition) is 1. The van der Waals surface area contributed by atoms with Gasteiger partial charge in [-0.3, -0.25) is 9.69 Å². The molecule has 1 saturated heterocycles. The van der Waals surface area contributed by atoms with Gasteiger partial charge in [0.05, 0.1) is 6.61 Å². The van der Waals surface area contributed by atoms with Gasteiger partial charge in [-0.15, -0.1) is 0 Å². The summed E-state index contributed by atoms with van der Waals surface area (Å²) >= 11 is 7.89. The number of hydrogen-bond acceptors (Lipinski definition) is 7. The van der Waals surface area contributed by atoms with Crippen molar-refractivity contribution in [1.82, 2.24) is 20.2 Å². The number of aromatic nitrogens is 2. The molecular formula is C28H32ClN5O2S. The first-order valence-electron chi connectivity index (χ1n) is 12.3. The number of thioether (sulfide) groups is 1. The van der Waals surface area contributed by atoms with Gasteiger partial charge in [0.15, 0.2) is 5.16 Å². The van der Waals surface area contributed by atoms with E-state index in [2.05, 4.69) is 56.5 Å². The number of methoxy groups -OCH3 is 1. The maximum Gasteiger partial charge on any atom is 0.251 e. The lowest BCUT2D eigenvalue weighted by Crippen LogP contribution is -2.46. The van der Waals surface area contributed by atoms with Gasteiger partial charge in [0.2, 0.25) is 0 Å². The molecule has 1 N–H and O–H groups in total. The second-order valence-electron chi connectivity index (χ2n) is 8.67. The molecular weight excluding hydrogens is 506 g/mol. The Morgan fingerprint density at radius 2 is 1.84 bits per heavy atom. The first kappa shape index (κ1) is 27.1. The molecule has 7 nitrogen and oxygen atoms in total. The number of nitrogens with zero attached hydrogens (tertiary/aromatic N) is 4. The highest BCUT2D eigenvalue weighted by Gasteiger charge is 2.18. The molecule has 0 radical (unpaired) electrons. The smallest absolute Gasteiger partial charge is 0.251 e. The molecule has 194 valence electrons. The standard InChI is InChI=1S/C28H32ClN5O2S/c1-36-19-13-30-27(35)24-11-9-23(10-12-24)21-37-28-31-25(29)20-26(32-28)34-17-15-33(16-18-34)14-5-8-22-6-3-2-4-7-22/h2-12,20H,13-19,21H2,1H3,(H,30,35)/b8-5+. The highest BCUT2D eigenvalue weighted by molar-refractivity contribution is 7.98. The molecule has 1 aliphatic rings. The van der Waals surface area contributed by atoms with E-state index in [4.69, 9.17) is 21.3 Å². The van der Waals surface area contributed by atoms with Crippen molar-refractivity contribution >= 4 is 41.2 Å². The van der Waals surface area contributed by atoms with Crippen molar-refractivity contribution in [3.63, 3.8) is 0 Å². The Hall–Kier alpha value is -2.91. The summed E-state index contributed by atoms with van der Waals surface area (Å²) in [4.78, 5) is 26.0. The molecule has 0 bridgehead atoms. The van der Waals surface area contributed by atoms with Crippen LogP contribution in [0.1, 0.15) is 21.5 Å². The lowest BCUT2D eigenvalue weighted by Gasteiger charge is -2.35. The summed E-state index contributed by atoms with van der Waals surface area (Å²) < 4.78 is 4.96. The first-order chi connectivity index (χ1) is 18.1. The van der Waals surface area contributed by atoms with Gasteiger partial charge in [0.25, 0.3) is 5.91 Å². The van der Waals surface area contributed by atoms with Crippen molar-refractivity contribution in [3.05, 3.63) is 88.6 Å². The molecule has 1 fully saturated rings. The predicted octanol–water partition coefficient (Wildman–Crippen LogP) is 4.63. The fourth-order valence-corrected chi connectivity index (χ4v) is 4.98. The maximum atomic E-state index is 12.1. The number of ether oxygens (including phenoxy) is 1. The topological polar surface area (TPSA) is 70.6 Å². The molecule has 1 amide bonds. The number of halogens is 1. The number of benzene rings is 2. The van der Waals surface area contributed by atoms with E-state index in [1.165, 1.54) is 17.3 Å². The first-order valence-corrected chi connectivity index (χ1v) is 13.7. The number of anilines is 1. The summed E-state index contributed by atoms with van der Waals surface area (Å²) in [6, 6.07) is 19.8. The Morgan fingerprint density at radius 3 is 2.57 bits per heavy atom. The molecule has 0 saturated carbocycles. The van der Waals surface area contributed by atoms with E-state index in [1.54, 1.807) is 7.11 Å². The van der Waals surface area contributed by atoms with E-state index >= 15 is 0 Å². The Bertz CT molecular complexity index is 1170. The Morgan fingerprint density at radius 1 is 1.08 bits per heavy atom. The van der Waals surface area contributed by atoms with E-state index < -0.39 is 0 Å². The van der Waals surface area contributed by atoms with Gasteiger partial charge < -0.3 is 15.0 Å². The summed E-state index contributed by atoms with van der Waals surface area (Å²) in [5.41, 5.74) is 2.93. The summed E-state index contributed by atoms with van der Waals surface area (Å²) in [6.07, 6.45) is 4.40. The number of piperazine rings is 1. The van der Waals surface area contributed by atoms with Crippen LogP contribution in [0.25, 0.3) is 6.08 Å². The Labute approximate surface area is 227 Å². The van der Waals surface area contributed by atoms with Crippen LogP contribution in [0, 0.1) is 0 Å². The van der Waals surface area contributed by atoms with Crippen LogP contribution in [-0.4, -0.2) is 73.8 Å². The molecule has 2 heterocycles. The van der Waals surface area contributed by atoms with Crippen LogP contribution in [0.4, 0.5) is 5.82 Å². The van der Waals surface area contributed by atoms with Crippen LogP contribution in [0.3, 0.4) is 0 Å². The minimum absolute atomic E-state index is 0.105. The van der Waals surface area contributed by atoms with Crippen LogP contribution < -0.4 is 10.2 Å². The van der Waals surface area contributed by atoms with Crippen molar-refractivity contribution in [2.24, 2.45) is 0 Å². The lowest BCUT2D eigenvalue weighted by atomic mass is 10.1. The fraction of sp³-hybridized carbons (Fsp3) is 0.321. The molecule has 1 aromatic heterocycles. The van der Waals surface area contributed by atoms with Crippen LogP contribution in [-0.2, 0) is 10.5 Å². The molecule has 4 rings (SSSR count). The van der Waals surface area contributed by atoms with E-state index in [1.807, 2.05) is 36.4 Å². The second-order valence-corrected chi connectivity index (χ2v) is 10.00. The molecule has 0 unspecified atom stereocenters.